The smallest absolute Gasteiger partial charge is 0.232 e. The van der Waals surface area contributed by atoms with E-state index in [-0.39, 0.29) is 12.4 Å². The van der Waals surface area contributed by atoms with Gasteiger partial charge in [0.05, 0.1) is 5.56 Å². The Labute approximate surface area is 164 Å². The highest BCUT2D eigenvalue weighted by atomic mass is 35.5. The molecule has 2 heterocycles. The molecule has 0 atom stereocenters. The van der Waals surface area contributed by atoms with Crippen molar-refractivity contribution < 1.29 is 14.3 Å². The highest BCUT2D eigenvalue weighted by molar-refractivity contribution is 7.10. The zero-order valence-electron chi connectivity index (χ0n) is 13.4. The molecule has 3 nitrogen and oxygen atoms in total. The van der Waals surface area contributed by atoms with Crippen LogP contribution in [0.2, 0.25) is 10.0 Å². The molecule has 0 unspecified atom stereocenters. The number of carbonyl (C=O) groups is 1. The second-order valence-electron chi connectivity index (χ2n) is 5.60. The Bertz CT molecular complexity index is 990. The van der Waals surface area contributed by atoms with Gasteiger partial charge in [-0.15, -0.1) is 11.3 Å². The number of halogens is 2. The number of allylic oxidation sites excluding steroid dienone is 1. The summed E-state index contributed by atoms with van der Waals surface area (Å²) in [6.07, 6.45) is 1.75. The fourth-order valence-electron chi connectivity index (χ4n) is 2.59. The van der Waals surface area contributed by atoms with E-state index in [2.05, 4.69) is 0 Å². The molecule has 0 saturated heterocycles. The molecule has 1 aliphatic heterocycles. The largest absolute Gasteiger partial charge is 0.489 e. The number of benzene rings is 2. The normalized spacial score (nSPS) is 14.4. The summed E-state index contributed by atoms with van der Waals surface area (Å²) in [6.45, 7) is 0.225. The van der Waals surface area contributed by atoms with Crippen molar-refractivity contribution in [3.63, 3.8) is 0 Å². The zero-order valence-corrected chi connectivity index (χ0v) is 15.7. The molecule has 0 saturated carbocycles. The molecule has 0 bridgehead atoms. The Morgan fingerprint density at radius 1 is 1.08 bits per heavy atom. The maximum Gasteiger partial charge on any atom is 0.232 e. The van der Waals surface area contributed by atoms with Gasteiger partial charge < -0.3 is 9.47 Å². The molecular formula is C20H12Cl2O3S. The molecule has 0 N–H and O–H groups in total. The molecule has 4 rings (SSSR count). The number of ketones is 1. The van der Waals surface area contributed by atoms with Crippen LogP contribution in [0.1, 0.15) is 20.8 Å². The second-order valence-corrected chi connectivity index (χ2v) is 7.40. The summed E-state index contributed by atoms with van der Waals surface area (Å²) in [5, 5.41) is 3.04. The summed E-state index contributed by atoms with van der Waals surface area (Å²) in [4.78, 5) is 13.4. The van der Waals surface area contributed by atoms with Crippen molar-refractivity contribution in [2.45, 2.75) is 6.61 Å². The maximum atomic E-state index is 12.4. The summed E-state index contributed by atoms with van der Waals surface area (Å²) in [5.74, 6) is 1.24. The third kappa shape index (κ3) is 3.36. The first kappa shape index (κ1) is 17.2. The molecule has 2 aromatic carbocycles. The van der Waals surface area contributed by atoms with E-state index < -0.39 is 0 Å². The minimum atomic E-state index is -0.130. The predicted octanol–water partition coefficient (Wildman–Crippen LogP) is 6.25. The van der Waals surface area contributed by atoms with Crippen LogP contribution in [0.3, 0.4) is 0 Å². The Morgan fingerprint density at radius 2 is 1.88 bits per heavy atom. The SMILES string of the molecule is O=C1C(=Cc2cccs2)Oc2cc(OCc3c(Cl)cccc3Cl)ccc21. The van der Waals surface area contributed by atoms with Gasteiger partial charge in [-0.05, 0) is 35.7 Å². The Morgan fingerprint density at radius 3 is 2.62 bits per heavy atom. The number of Topliss-reactive ketones (excluding diaryl/α,β-unsaturated/α-hetero) is 1. The summed E-state index contributed by atoms with van der Waals surface area (Å²) in [6, 6.07) is 14.3. The van der Waals surface area contributed by atoms with Crippen molar-refractivity contribution in [3.8, 4) is 11.5 Å². The molecule has 130 valence electrons. The number of fused-ring (bicyclic) bond motifs is 1. The van der Waals surface area contributed by atoms with Gasteiger partial charge in [-0.2, -0.15) is 0 Å². The van der Waals surface area contributed by atoms with E-state index in [4.69, 9.17) is 32.7 Å². The molecular weight excluding hydrogens is 391 g/mol. The molecule has 3 aromatic rings. The lowest BCUT2D eigenvalue weighted by atomic mass is 10.1. The molecule has 26 heavy (non-hydrogen) atoms. The van der Waals surface area contributed by atoms with Crippen LogP contribution in [0, 0.1) is 0 Å². The lowest BCUT2D eigenvalue weighted by Gasteiger charge is -2.10. The van der Waals surface area contributed by atoms with E-state index in [1.54, 1.807) is 53.8 Å². The average molecular weight is 403 g/mol. The first-order chi connectivity index (χ1) is 12.6. The van der Waals surface area contributed by atoms with Crippen LogP contribution in [0.15, 0.2) is 59.7 Å². The second kappa shape index (κ2) is 7.16. The third-order valence-corrected chi connectivity index (χ3v) is 5.43. The van der Waals surface area contributed by atoms with Gasteiger partial charge >= 0.3 is 0 Å². The van der Waals surface area contributed by atoms with Crippen molar-refractivity contribution >= 4 is 46.4 Å². The lowest BCUT2D eigenvalue weighted by Crippen LogP contribution is -1.98. The van der Waals surface area contributed by atoms with Crippen LogP contribution in [-0.2, 0) is 6.61 Å². The Kier molecular flexibility index (Phi) is 4.72. The van der Waals surface area contributed by atoms with Crippen LogP contribution >= 0.6 is 34.5 Å². The van der Waals surface area contributed by atoms with Crippen LogP contribution < -0.4 is 9.47 Å². The first-order valence-corrected chi connectivity index (χ1v) is 9.43. The molecule has 0 amide bonds. The molecule has 0 radical (unpaired) electrons. The van der Waals surface area contributed by atoms with Crippen LogP contribution in [-0.4, -0.2) is 5.78 Å². The van der Waals surface area contributed by atoms with Gasteiger partial charge in [-0.1, -0.05) is 35.3 Å². The van der Waals surface area contributed by atoms with Gasteiger partial charge in [0.1, 0.15) is 18.1 Å². The fraction of sp³-hybridized carbons (Fsp3) is 0.0500. The molecule has 1 aromatic heterocycles. The number of ether oxygens (including phenoxy) is 2. The van der Waals surface area contributed by atoms with Crippen molar-refractivity contribution in [1.82, 2.24) is 0 Å². The van der Waals surface area contributed by atoms with E-state index >= 15 is 0 Å². The molecule has 1 aliphatic rings. The number of thiophene rings is 1. The monoisotopic (exact) mass is 402 g/mol. The summed E-state index contributed by atoms with van der Waals surface area (Å²) >= 11 is 13.9. The average Bonchev–Trinajstić information content (AvgIpc) is 3.23. The van der Waals surface area contributed by atoms with Gasteiger partial charge in [0.15, 0.2) is 5.76 Å². The van der Waals surface area contributed by atoms with E-state index in [1.165, 1.54) is 0 Å². The highest BCUT2D eigenvalue weighted by Gasteiger charge is 2.27. The van der Waals surface area contributed by atoms with Gasteiger partial charge in [0.2, 0.25) is 5.78 Å². The fourth-order valence-corrected chi connectivity index (χ4v) is 3.74. The Hall–Kier alpha value is -2.27. The summed E-state index contributed by atoms with van der Waals surface area (Å²) in [5.41, 5.74) is 1.24. The minimum Gasteiger partial charge on any atom is -0.489 e. The van der Waals surface area contributed by atoms with Gasteiger partial charge in [0, 0.05) is 32.6 Å². The quantitative estimate of drug-likeness (QED) is 0.483. The zero-order chi connectivity index (χ0) is 18.1. The van der Waals surface area contributed by atoms with Crippen LogP contribution in [0.4, 0.5) is 0 Å². The van der Waals surface area contributed by atoms with Crippen molar-refractivity contribution in [2.75, 3.05) is 0 Å². The van der Waals surface area contributed by atoms with E-state index in [1.807, 2.05) is 17.5 Å². The van der Waals surface area contributed by atoms with Crippen LogP contribution in [0.5, 0.6) is 11.5 Å². The van der Waals surface area contributed by atoms with Crippen molar-refractivity contribution in [2.24, 2.45) is 0 Å². The molecule has 0 aliphatic carbocycles. The third-order valence-electron chi connectivity index (χ3n) is 3.90. The minimum absolute atomic E-state index is 0.130. The molecule has 0 spiro atoms. The maximum absolute atomic E-state index is 12.4. The number of hydrogen-bond acceptors (Lipinski definition) is 4. The van der Waals surface area contributed by atoms with Gasteiger partial charge in [-0.3, -0.25) is 4.79 Å². The number of carbonyl (C=O) groups excluding carboxylic acids is 1. The Balaban J connectivity index is 1.54. The first-order valence-electron chi connectivity index (χ1n) is 7.79. The standard InChI is InChI=1S/C20H12Cl2O3S/c21-16-4-1-5-17(22)15(16)11-24-12-6-7-14-18(9-12)25-19(20(14)23)10-13-3-2-8-26-13/h1-10H,11H2. The van der Waals surface area contributed by atoms with Crippen LogP contribution in [0.25, 0.3) is 6.08 Å². The summed E-state index contributed by atoms with van der Waals surface area (Å²) < 4.78 is 11.5. The van der Waals surface area contributed by atoms with Gasteiger partial charge in [-0.25, -0.2) is 0 Å². The number of rotatable bonds is 4. The highest BCUT2D eigenvalue weighted by Crippen LogP contribution is 2.36. The molecule has 6 heteroatoms. The van der Waals surface area contributed by atoms with Gasteiger partial charge in [0.25, 0.3) is 0 Å². The predicted molar refractivity (Wildman–Crippen MR) is 104 cm³/mol. The topological polar surface area (TPSA) is 35.5 Å². The molecule has 0 fully saturated rings. The van der Waals surface area contributed by atoms with E-state index in [9.17, 15) is 4.79 Å². The van der Waals surface area contributed by atoms with Crippen molar-refractivity contribution in [3.05, 3.63) is 85.7 Å². The summed E-state index contributed by atoms with van der Waals surface area (Å²) in [7, 11) is 0. The van der Waals surface area contributed by atoms with E-state index in [0.717, 1.165) is 4.88 Å². The van der Waals surface area contributed by atoms with E-state index in [0.29, 0.717) is 38.4 Å². The van der Waals surface area contributed by atoms with Crippen molar-refractivity contribution in [1.29, 1.82) is 0 Å². The lowest BCUT2D eigenvalue weighted by molar-refractivity contribution is 0.101. The number of hydrogen-bond donors (Lipinski definition) is 0.